The summed E-state index contributed by atoms with van der Waals surface area (Å²) in [5.41, 5.74) is 2.08. The lowest BCUT2D eigenvalue weighted by Gasteiger charge is -2.34. The fourth-order valence-electron chi connectivity index (χ4n) is 4.64. The van der Waals surface area contributed by atoms with E-state index in [1.165, 1.54) is 69.9 Å². The first kappa shape index (κ1) is 21.5. The lowest BCUT2D eigenvalue weighted by Crippen LogP contribution is -2.41. The van der Waals surface area contributed by atoms with Gasteiger partial charge in [0, 0.05) is 36.9 Å². The van der Waals surface area contributed by atoms with E-state index in [-0.39, 0.29) is 5.91 Å². The standard InChI is InChI=1S/C22H34N2O.CH2O/c1-3-24(21-12-8-5-9-13-21)22(25)18-14-16-20(17-15-18)23(2)19-10-6-4-7-11-19;1-2/h14-17,19,21H,3-13H2,1-2H3;1H2. The molecule has 4 nitrogen and oxygen atoms in total. The molecule has 0 spiro atoms. The number of hydrogen-bond donors (Lipinski definition) is 0. The normalized spacial score (nSPS) is 18.3. The third kappa shape index (κ3) is 5.57. The van der Waals surface area contributed by atoms with Gasteiger partial charge in [0.05, 0.1) is 0 Å². The largest absolute Gasteiger partial charge is 0.372 e. The van der Waals surface area contributed by atoms with Crippen LogP contribution >= 0.6 is 0 Å². The van der Waals surface area contributed by atoms with Gasteiger partial charge in [-0.2, -0.15) is 0 Å². The maximum Gasteiger partial charge on any atom is 0.254 e. The van der Waals surface area contributed by atoms with E-state index in [0.29, 0.717) is 12.1 Å². The molecule has 0 bridgehead atoms. The van der Waals surface area contributed by atoms with Gasteiger partial charge in [-0.05, 0) is 56.9 Å². The van der Waals surface area contributed by atoms with Gasteiger partial charge >= 0.3 is 0 Å². The fourth-order valence-corrected chi connectivity index (χ4v) is 4.64. The lowest BCUT2D eigenvalue weighted by molar-refractivity contribution is -0.0980. The molecule has 0 heterocycles. The molecule has 1 aromatic carbocycles. The molecule has 0 aromatic heterocycles. The molecule has 3 rings (SSSR count). The number of nitrogens with zero attached hydrogens (tertiary/aromatic N) is 2. The highest BCUT2D eigenvalue weighted by molar-refractivity contribution is 5.94. The third-order valence-corrected chi connectivity index (χ3v) is 6.26. The lowest BCUT2D eigenvalue weighted by atomic mass is 9.93. The molecule has 2 aliphatic carbocycles. The summed E-state index contributed by atoms with van der Waals surface area (Å²) in [5.74, 6) is 0.210. The maximum atomic E-state index is 13.0. The van der Waals surface area contributed by atoms with Crippen LogP contribution in [0.1, 0.15) is 81.5 Å². The molecule has 1 aromatic rings. The van der Waals surface area contributed by atoms with Gasteiger partial charge in [0.15, 0.2) is 0 Å². The zero-order valence-corrected chi connectivity index (χ0v) is 17.2. The molecule has 0 atom stereocenters. The van der Waals surface area contributed by atoms with Crippen molar-refractivity contribution in [3.8, 4) is 0 Å². The molecule has 0 saturated heterocycles. The summed E-state index contributed by atoms with van der Waals surface area (Å²) in [4.78, 5) is 25.5. The van der Waals surface area contributed by atoms with Gasteiger partial charge in [0.2, 0.25) is 0 Å². The molecule has 2 aliphatic rings. The Bertz CT molecular complexity index is 560. The molecular formula is C23H36N2O2. The van der Waals surface area contributed by atoms with E-state index < -0.39 is 0 Å². The van der Waals surface area contributed by atoms with Crippen LogP contribution in [0.5, 0.6) is 0 Å². The number of benzene rings is 1. The predicted octanol–water partition coefficient (Wildman–Crippen LogP) is 5.07. The molecular weight excluding hydrogens is 336 g/mol. The van der Waals surface area contributed by atoms with Crippen molar-refractivity contribution in [2.45, 2.75) is 83.2 Å². The SMILES string of the molecule is C=O.CCN(C(=O)c1ccc(N(C)C2CCCCC2)cc1)C1CCCCC1. The molecule has 150 valence electrons. The second-order valence-corrected chi connectivity index (χ2v) is 7.83. The van der Waals surface area contributed by atoms with Crippen molar-refractivity contribution in [2.75, 3.05) is 18.5 Å². The number of carbonyl (C=O) groups is 2. The first-order valence-corrected chi connectivity index (χ1v) is 10.6. The zero-order chi connectivity index (χ0) is 19.6. The van der Waals surface area contributed by atoms with Crippen LogP contribution < -0.4 is 4.90 Å². The number of rotatable bonds is 5. The number of anilines is 1. The molecule has 0 radical (unpaired) electrons. The fraction of sp³-hybridized carbons (Fsp3) is 0.652. The summed E-state index contributed by atoms with van der Waals surface area (Å²) in [6.07, 6.45) is 12.8. The Kier molecular flexibility index (Phi) is 8.83. The van der Waals surface area contributed by atoms with E-state index in [2.05, 4.69) is 35.9 Å². The highest BCUT2D eigenvalue weighted by atomic mass is 16.2. The average molecular weight is 373 g/mol. The van der Waals surface area contributed by atoms with Gasteiger partial charge in [-0.15, -0.1) is 0 Å². The summed E-state index contributed by atoms with van der Waals surface area (Å²) >= 11 is 0. The van der Waals surface area contributed by atoms with Crippen LogP contribution in [0.15, 0.2) is 24.3 Å². The molecule has 0 unspecified atom stereocenters. The first-order chi connectivity index (χ1) is 13.2. The Hall–Kier alpha value is -1.84. The van der Waals surface area contributed by atoms with Crippen molar-refractivity contribution < 1.29 is 9.59 Å². The summed E-state index contributed by atoms with van der Waals surface area (Å²) < 4.78 is 0. The van der Waals surface area contributed by atoms with E-state index >= 15 is 0 Å². The van der Waals surface area contributed by atoms with Gasteiger partial charge in [-0.3, -0.25) is 4.79 Å². The van der Waals surface area contributed by atoms with E-state index in [1.807, 2.05) is 18.9 Å². The van der Waals surface area contributed by atoms with Crippen LogP contribution in [0.4, 0.5) is 5.69 Å². The second-order valence-electron chi connectivity index (χ2n) is 7.83. The quantitative estimate of drug-likeness (QED) is 0.725. The zero-order valence-electron chi connectivity index (χ0n) is 17.2. The highest BCUT2D eigenvalue weighted by Crippen LogP contribution is 2.27. The molecule has 4 heteroatoms. The van der Waals surface area contributed by atoms with Gasteiger partial charge in [0.25, 0.3) is 5.91 Å². The number of carbonyl (C=O) groups excluding carboxylic acids is 2. The van der Waals surface area contributed by atoms with E-state index in [9.17, 15) is 4.79 Å². The summed E-state index contributed by atoms with van der Waals surface area (Å²) in [7, 11) is 2.20. The van der Waals surface area contributed by atoms with Crippen molar-refractivity contribution in [1.82, 2.24) is 4.90 Å². The van der Waals surface area contributed by atoms with Gasteiger partial charge in [0.1, 0.15) is 6.79 Å². The third-order valence-electron chi connectivity index (χ3n) is 6.26. The van der Waals surface area contributed by atoms with Crippen molar-refractivity contribution >= 4 is 18.4 Å². The summed E-state index contributed by atoms with van der Waals surface area (Å²) in [5, 5.41) is 0. The average Bonchev–Trinajstić information content (AvgIpc) is 2.76. The van der Waals surface area contributed by atoms with E-state index in [0.717, 1.165) is 12.1 Å². The maximum absolute atomic E-state index is 13.0. The minimum absolute atomic E-state index is 0.210. The topological polar surface area (TPSA) is 40.6 Å². The van der Waals surface area contributed by atoms with Gasteiger partial charge in [-0.25, -0.2) is 0 Å². The van der Waals surface area contributed by atoms with Crippen LogP contribution in [0, 0.1) is 0 Å². The molecule has 2 fully saturated rings. The number of amides is 1. The molecule has 27 heavy (non-hydrogen) atoms. The Morgan fingerprint density at radius 2 is 1.37 bits per heavy atom. The molecule has 0 N–H and O–H groups in total. The number of hydrogen-bond acceptors (Lipinski definition) is 3. The Morgan fingerprint density at radius 1 is 0.889 bits per heavy atom. The minimum Gasteiger partial charge on any atom is -0.372 e. The molecule has 1 amide bonds. The summed E-state index contributed by atoms with van der Waals surface area (Å²) in [6.45, 7) is 4.92. The van der Waals surface area contributed by atoms with Crippen LogP contribution in [-0.2, 0) is 4.79 Å². The smallest absolute Gasteiger partial charge is 0.254 e. The van der Waals surface area contributed by atoms with Crippen molar-refractivity contribution in [2.24, 2.45) is 0 Å². The summed E-state index contributed by atoms with van der Waals surface area (Å²) in [6, 6.07) is 9.43. The first-order valence-electron chi connectivity index (χ1n) is 10.6. The Labute approximate surface area is 164 Å². The van der Waals surface area contributed by atoms with E-state index in [1.54, 1.807) is 0 Å². The Balaban J connectivity index is 0.00000126. The monoisotopic (exact) mass is 372 g/mol. The van der Waals surface area contributed by atoms with Crippen molar-refractivity contribution in [1.29, 1.82) is 0 Å². The van der Waals surface area contributed by atoms with Crippen LogP contribution in [0.2, 0.25) is 0 Å². The predicted molar refractivity (Wildman–Crippen MR) is 112 cm³/mol. The van der Waals surface area contributed by atoms with Crippen LogP contribution in [0.3, 0.4) is 0 Å². The van der Waals surface area contributed by atoms with Gasteiger partial charge in [-0.1, -0.05) is 38.5 Å². The van der Waals surface area contributed by atoms with Gasteiger partial charge < -0.3 is 14.6 Å². The second kappa shape index (κ2) is 11.1. The molecule has 0 aliphatic heterocycles. The van der Waals surface area contributed by atoms with Crippen molar-refractivity contribution in [3.63, 3.8) is 0 Å². The van der Waals surface area contributed by atoms with Crippen molar-refractivity contribution in [3.05, 3.63) is 29.8 Å². The highest BCUT2D eigenvalue weighted by Gasteiger charge is 2.25. The Morgan fingerprint density at radius 3 is 1.85 bits per heavy atom. The van der Waals surface area contributed by atoms with Crippen LogP contribution in [0.25, 0.3) is 0 Å². The minimum atomic E-state index is 0.210. The van der Waals surface area contributed by atoms with E-state index in [4.69, 9.17) is 4.79 Å². The molecule has 2 saturated carbocycles. The van der Waals surface area contributed by atoms with Crippen LogP contribution in [-0.4, -0.2) is 43.3 Å².